The Labute approximate surface area is 84.0 Å². The van der Waals surface area contributed by atoms with E-state index in [4.69, 9.17) is 10.2 Å². The summed E-state index contributed by atoms with van der Waals surface area (Å²) in [6.45, 7) is 2.92. The molecule has 3 nitrogen and oxygen atoms in total. The second-order valence-corrected chi connectivity index (χ2v) is 3.54. The summed E-state index contributed by atoms with van der Waals surface area (Å²) in [5, 5.41) is 16.9. The van der Waals surface area contributed by atoms with Crippen molar-refractivity contribution in [1.82, 2.24) is 0 Å². The lowest BCUT2D eigenvalue weighted by molar-refractivity contribution is -0.141. The third-order valence-electron chi connectivity index (χ3n) is 1.25. The van der Waals surface area contributed by atoms with Crippen LogP contribution >= 0.6 is 0 Å². The average Bonchev–Trinajstić information content (AvgIpc) is 2.03. The van der Waals surface area contributed by atoms with Crippen molar-refractivity contribution in [2.45, 2.75) is 25.9 Å². The van der Waals surface area contributed by atoms with Crippen LogP contribution in [0.1, 0.15) is 20.3 Å². The Balaban J connectivity index is 0.000000249. The molecule has 0 atom stereocenters. The van der Waals surface area contributed by atoms with Crippen LogP contribution < -0.4 is 0 Å². The number of aliphatic carboxylic acids is 1. The van der Waals surface area contributed by atoms with Crippen LogP contribution in [0.3, 0.4) is 0 Å². The van der Waals surface area contributed by atoms with Crippen molar-refractivity contribution in [2.24, 2.45) is 0 Å². The van der Waals surface area contributed by atoms with Gasteiger partial charge in [-0.25, -0.2) is 0 Å². The van der Waals surface area contributed by atoms with Crippen molar-refractivity contribution < 1.29 is 15.0 Å². The maximum Gasteiger partial charge on any atom is 0.306 e. The maximum atomic E-state index is 9.85. The first kappa shape index (κ1) is 12.7. The fourth-order valence-corrected chi connectivity index (χ4v) is 0.755. The summed E-state index contributed by atoms with van der Waals surface area (Å²) in [4.78, 5) is 9.85. The van der Waals surface area contributed by atoms with Crippen molar-refractivity contribution in [3.8, 4) is 0 Å². The zero-order valence-electron chi connectivity index (χ0n) is 8.47. The van der Waals surface area contributed by atoms with Crippen LogP contribution in [-0.4, -0.2) is 21.8 Å². The molecular weight excluding hydrogens is 180 g/mol. The van der Waals surface area contributed by atoms with Gasteiger partial charge in [0.05, 0.1) is 12.0 Å². The summed E-state index contributed by atoms with van der Waals surface area (Å²) < 4.78 is 0. The van der Waals surface area contributed by atoms with E-state index in [1.54, 1.807) is 0 Å². The minimum atomic E-state index is -1.08. The first-order valence-electron chi connectivity index (χ1n) is 4.36. The smallest absolute Gasteiger partial charge is 0.306 e. The van der Waals surface area contributed by atoms with Crippen molar-refractivity contribution >= 4 is 5.97 Å². The Hall–Kier alpha value is -1.35. The highest BCUT2D eigenvalue weighted by molar-refractivity contribution is 5.67. The van der Waals surface area contributed by atoms with Gasteiger partial charge in [-0.1, -0.05) is 36.4 Å². The maximum absolute atomic E-state index is 9.85. The standard InChI is InChI=1S/C6H6.C5H10O3/c1-2-4-6-5-3-1;1-5(2,8)3-4(6)7/h1-6H;8H,3H2,1-2H3,(H,6,7). The predicted octanol–water partition coefficient (Wildman–Crippen LogP) is 1.92. The molecule has 3 heteroatoms. The van der Waals surface area contributed by atoms with E-state index in [9.17, 15) is 4.79 Å². The molecule has 1 rings (SSSR count). The molecule has 0 fully saturated rings. The van der Waals surface area contributed by atoms with Gasteiger partial charge in [0.2, 0.25) is 0 Å². The number of aliphatic hydroxyl groups is 1. The lowest BCUT2D eigenvalue weighted by Gasteiger charge is -2.12. The van der Waals surface area contributed by atoms with E-state index < -0.39 is 11.6 Å². The quantitative estimate of drug-likeness (QED) is 0.759. The number of hydrogen-bond donors (Lipinski definition) is 2. The van der Waals surface area contributed by atoms with Crippen LogP contribution in [0.5, 0.6) is 0 Å². The van der Waals surface area contributed by atoms with Crippen LogP contribution in [0, 0.1) is 0 Å². The molecule has 0 spiro atoms. The van der Waals surface area contributed by atoms with Crippen molar-refractivity contribution in [2.75, 3.05) is 0 Å². The molecule has 0 bridgehead atoms. The molecule has 2 N–H and O–H groups in total. The van der Waals surface area contributed by atoms with Gasteiger partial charge < -0.3 is 10.2 Å². The Kier molecular flexibility index (Phi) is 5.56. The van der Waals surface area contributed by atoms with Gasteiger partial charge in [0.15, 0.2) is 0 Å². The summed E-state index contributed by atoms with van der Waals surface area (Å²) in [6.07, 6.45) is -0.201. The predicted molar refractivity (Wildman–Crippen MR) is 55.0 cm³/mol. The molecule has 0 aromatic heterocycles. The van der Waals surface area contributed by atoms with Gasteiger partial charge in [-0.15, -0.1) is 0 Å². The summed E-state index contributed by atoms with van der Waals surface area (Å²) >= 11 is 0. The third kappa shape index (κ3) is 10.7. The Bertz CT molecular complexity index is 222. The zero-order chi connectivity index (χ0) is 11.0. The molecule has 0 heterocycles. The fraction of sp³-hybridized carbons (Fsp3) is 0.364. The Morgan fingerprint density at radius 3 is 1.43 bits per heavy atom. The molecule has 0 aliphatic carbocycles. The summed E-state index contributed by atoms with van der Waals surface area (Å²) in [5.41, 5.74) is -1.08. The van der Waals surface area contributed by atoms with E-state index in [-0.39, 0.29) is 6.42 Å². The largest absolute Gasteiger partial charge is 0.481 e. The minimum Gasteiger partial charge on any atom is -0.481 e. The summed E-state index contributed by atoms with van der Waals surface area (Å²) in [7, 11) is 0. The SMILES string of the molecule is CC(C)(O)CC(=O)O.c1ccccc1. The molecule has 1 aromatic carbocycles. The molecule has 0 unspecified atom stereocenters. The second kappa shape index (κ2) is 6.16. The topological polar surface area (TPSA) is 57.5 Å². The lowest BCUT2D eigenvalue weighted by atomic mass is 10.1. The zero-order valence-corrected chi connectivity index (χ0v) is 8.47. The van der Waals surface area contributed by atoms with Crippen LogP contribution in [0.2, 0.25) is 0 Å². The van der Waals surface area contributed by atoms with E-state index in [0.29, 0.717) is 0 Å². The van der Waals surface area contributed by atoms with Gasteiger partial charge >= 0.3 is 5.97 Å². The Morgan fingerprint density at radius 1 is 1.07 bits per heavy atom. The minimum absolute atomic E-state index is 0.201. The number of carboxylic acids is 1. The highest BCUT2D eigenvalue weighted by Crippen LogP contribution is 2.05. The lowest BCUT2D eigenvalue weighted by Crippen LogP contribution is -2.22. The highest BCUT2D eigenvalue weighted by atomic mass is 16.4. The van der Waals surface area contributed by atoms with E-state index in [1.165, 1.54) is 13.8 Å². The molecule has 0 saturated heterocycles. The van der Waals surface area contributed by atoms with Gasteiger partial charge in [-0.3, -0.25) is 4.79 Å². The number of hydrogen-bond acceptors (Lipinski definition) is 2. The van der Waals surface area contributed by atoms with Crippen LogP contribution in [0.4, 0.5) is 0 Å². The normalized spacial score (nSPS) is 9.93. The molecule has 0 aliphatic heterocycles. The van der Waals surface area contributed by atoms with Crippen LogP contribution in [0.15, 0.2) is 36.4 Å². The molecule has 78 valence electrons. The van der Waals surface area contributed by atoms with Gasteiger partial charge in [0.1, 0.15) is 0 Å². The average molecular weight is 196 g/mol. The summed E-state index contributed by atoms with van der Waals surface area (Å²) in [5.74, 6) is -0.975. The molecule has 1 aromatic rings. The summed E-state index contributed by atoms with van der Waals surface area (Å²) in [6, 6.07) is 12.0. The van der Waals surface area contributed by atoms with E-state index in [2.05, 4.69) is 0 Å². The number of carboxylic acid groups (broad SMARTS) is 1. The van der Waals surface area contributed by atoms with E-state index in [0.717, 1.165) is 0 Å². The van der Waals surface area contributed by atoms with Gasteiger partial charge in [0.25, 0.3) is 0 Å². The molecule has 0 amide bonds. The monoisotopic (exact) mass is 196 g/mol. The Morgan fingerprint density at radius 2 is 1.36 bits per heavy atom. The van der Waals surface area contributed by atoms with Crippen molar-refractivity contribution in [1.29, 1.82) is 0 Å². The fourth-order valence-electron chi connectivity index (χ4n) is 0.755. The number of carbonyl (C=O) groups is 1. The third-order valence-corrected chi connectivity index (χ3v) is 1.25. The number of rotatable bonds is 2. The van der Waals surface area contributed by atoms with Gasteiger partial charge in [-0.2, -0.15) is 0 Å². The molecular formula is C11H16O3. The van der Waals surface area contributed by atoms with Crippen molar-refractivity contribution in [3.05, 3.63) is 36.4 Å². The molecule has 0 aliphatic rings. The molecule has 0 radical (unpaired) electrons. The van der Waals surface area contributed by atoms with E-state index in [1.807, 2.05) is 36.4 Å². The van der Waals surface area contributed by atoms with Gasteiger partial charge in [0, 0.05) is 0 Å². The number of benzene rings is 1. The first-order chi connectivity index (χ1) is 6.42. The van der Waals surface area contributed by atoms with E-state index >= 15 is 0 Å². The highest BCUT2D eigenvalue weighted by Gasteiger charge is 2.16. The molecule has 14 heavy (non-hydrogen) atoms. The van der Waals surface area contributed by atoms with Gasteiger partial charge in [-0.05, 0) is 13.8 Å². The second-order valence-electron chi connectivity index (χ2n) is 3.54. The van der Waals surface area contributed by atoms with Crippen LogP contribution in [-0.2, 0) is 4.79 Å². The molecule has 0 saturated carbocycles. The van der Waals surface area contributed by atoms with Crippen LogP contribution in [0.25, 0.3) is 0 Å². The first-order valence-corrected chi connectivity index (χ1v) is 4.36. The van der Waals surface area contributed by atoms with Crippen molar-refractivity contribution in [3.63, 3.8) is 0 Å².